The molecule has 1 amide bonds. The van der Waals surface area contributed by atoms with Gasteiger partial charge in [0.2, 0.25) is 5.91 Å². The second-order valence-electron chi connectivity index (χ2n) is 6.78. The van der Waals surface area contributed by atoms with Crippen molar-refractivity contribution < 1.29 is 14.7 Å². The zero-order valence-corrected chi connectivity index (χ0v) is 13.3. The molecule has 2 fully saturated rings. The van der Waals surface area contributed by atoms with E-state index < -0.39 is 5.97 Å². The van der Waals surface area contributed by atoms with Crippen LogP contribution in [-0.4, -0.2) is 57.9 Å². The van der Waals surface area contributed by atoms with E-state index in [-0.39, 0.29) is 17.9 Å². The number of carboxylic acids is 1. The average Bonchev–Trinajstić information content (AvgIpc) is 2.54. The van der Waals surface area contributed by atoms with Gasteiger partial charge in [0.05, 0.1) is 0 Å². The van der Waals surface area contributed by atoms with Crippen LogP contribution in [0.15, 0.2) is 24.5 Å². The largest absolute Gasteiger partial charge is 0.480 e. The Morgan fingerprint density at radius 3 is 2.74 bits per heavy atom. The Balaban J connectivity index is 1.57. The van der Waals surface area contributed by atoms with Gasteiger partial charge < -0.3 is 10.0 Å². The first-order valence-corrected chi connectivity index (χ1v) is 8.17. The van der Waals surface area contributed by atoms with E-state index in [9.17, 15) is 9.59 Å². The van der Waals surface area contributed by atoms with Crippen molar-refractivity contribution in [3.63, 3.8) is 0 Å². The summed E-state index contributed by atoms with van der Waals surface area (Å²) in [7, 11) is 0. The number of carboxylic acid groups (broad SMARTS) is 1. The van der Waals surface area contributed by atoms with Crippen molar-refractivity contribution in [1.82, 2.24) is 14.8 Å². The van der Waals surface area contributed by atoms with Gasteiger partial charge in [-0.05, 0) is 49.4 Å². The summed E-state index contributed by atoms with van der Waals surface area (Å²) in [6.45, 7) is 3.31. The normalized spacial score (nSPS) is 21.6. The van der Waals surface area contributed by atoms with Crippen molar-refractivity contribution in [2.45, 2.75) is 32.2 Å². The van der Waals surface area contributed by atoms with E-state index in [0.29, 0.717) is 13.0 Å². The number of nitrogens with zero attached hydrogens (tertiary/aromatic N) is 3. The number of carbonyl (C=O) groups is 2. The van der Waals surface area contributed by atoms with E-state index in [1.807, 2.05) is 12.3 Å². The van der Waals surface area contributed by atoms with Crippen molar-refractivity contribution in [3.05, 3.63) is 30.1 Å². The number of hydrogen-bond donors (Lipinski definition) is 1. The Kier molecular flexibility index (Phi) is 4.61. The first-order chi connectivity index (χ1) is 11.1. The van der Waals surface area contributed by atoms with Gasteiger partial charge in [0.15, 0.2) is 0 Å². The van der Waals surface area contributed by atoms with Gasteiger partial charge in [0, 0.05) is 31.9 Å². The third-order valence-corrected chi connectivity index (χ3v) is 5.12. The summed E-state index contributed by atoms with van der Waals surface area (Å²) < 4.78 is 0. The van der Waals surface area contributed by atoms with Crippen molar-refractivity contribution in [1.29, 1.82) is 0 Å². The molecule has 124 valence electrons. The number of amides is 1. The van der Waals surface area contributed by atoms with Gasteiger partial charge in [-0.15, -0.1) is 0 Å². The molecular weight excluding hydrogens is 294 g/mol. The Hall–Kier alpha value is -1.95. The average molecular weight is 317 g/mol. The molecule has 1 aromatic rings. The second kappa shape index (κ2) is 6.66. The van der Waals surface area contributed by atoms with E-state index in [1.165, 1.54) is 10.5 Å². The van der Waals surface area contributed by atoms with Gasteiger partial charge in [-0.25, -0.2) is 0 Å². The van der Waals surface area contributed by atoms with Crippen LogP contribution in [0.3, 0.4) is 0 Å². The maximum atomic E-state index is 11.9. The van der Waals surface area contributed by atoms with Gasteiger partial charge in [-0.2, -0.15) is 0 Å². The third kappa shape index (κ3) is 3.88. The van der Waals surface area contributed by atoms with Crippen LogP contribution in [-0.2, 0) is 16.1 Å². The highest BCUT2D eigenvalue weighted by Crippen LogP contribution is 2.40. The number of aromatic nitrogens is 1. The molecule has 0 aromatic carbocycles. The van der Waals surface area contributed by atoms with E-state index in [2.05, 4.69) is 16.0 Å². The van der Waals surface area contributed by atoms with E-state index in [0.717, 1.165) is 38.9 Å². The summed E-state index contributed by atoms with van der Waals surface area (Å²) in [4.78, 5) is 30.9. The number of hydrogen-bond acceptors (Lipinski definition) is 4. The summed E-state index contributed by atoms with van der Waals surface area (Å²) in [6, 6.07) is 4.04. The number of likely N-dealkylation sites (tertiary alicyclic amines) is 2. The topological polar surface area (TPSA) is 73.7 Å². The molecule has 0 unspecified atom stereocenters. The summed E-state index contributed by atoms with van der Waals surface area (Å²) >= 11 is 0. The molecule has 2 aliphatic heterocycles. The quantitative estimate of drug-likeness (QED) is 0.908. The number of piperidine rings is 2. The Labute approximate surface area is 136 Å². The Morgan fingerprint density at radius 2 is 2.09 bits per heavy atom. The second-order valence-corrected chi connectivity index (χ2v) is 6.78. The van der Waals surface area contributed by atoms with Crippen molar-refractivity contribution >= 4 is 11.9 Å². The minimum absolute atomic E-state index is 0.0178. The molecule has 0 bridgehead atoms. The van der Waals surface area contributed by atoms with Crippen molar-refractivity contribution in [2.24, 2.45) is 5.41 Å². The van der Waals surface area contributed by atoms with Crippen LogP contribution in [0.4, 0.5) is 0 Å². The Morgan fingerprint density at radius 1 is 1.30 bits per heavy atom. The SMILES string of the molecule is O=C(O)CN1CC2(CCC1=O)CCN(Cc1cccnc1)CC2. The molecule has 1 N–H and O–H groups in total. The number of aliphatic carboxylic acids is 1. The third-order valence-electron chi connectivity index (χ3n) is 5.12. The van der Waals surface area contributed by atoms with Gasteiger partial charge >= 0.3 is 5.97 Å². The molecule has 6 nitrogen and oxygen atoms in total. The number of pyridine rings is 1. The van der Waals surface area contributed by atoms with Crippen LogP contribution in [0.2, 0.25) is 0 Å². The molecule has 0 radical (unpaired) electrons. The first kappa shape index (κ1) is 15.9. The smallest absolute Gasteiger partial charge is 0.323 e. The lowest BCUT2D eigenvalue weighted by Crippen LogP contribution is -2.52. The standard InChI is InChI=1S/C17H23N3O3/c21-15-3-4-17(13-20(15)12-16(22)23)5-8-19(9-6-17)11-14-2-1-7-18-10-14/h1-2,7,10H,3-6,8-9,11-13H2,(H,22,23). The molecule has 1 spiro atoms. The van der Waals surface area contributed by atoms with Gasteiger partial charge in [0.1, 0.15) is 6.54 Å². The molecule has 3 rings (SSSR count). The fourth-order valence-corrected chi connectivity index (χ4v) is 3.75. The van der Waals surface area contributed by atoms with E-state index in [1.54, 1.807) is 6.20 Å². The first-order valence-electron chi connectivity index (χ1n) is 8.17. The van der Waals surface area contributed by atoms with Crippen LogP contribution < -0.4 is 0 Å². The van der Waals surface area contributed by atoms with Crippen LogP contribution in [0.5, 0.6) is 0 Å². The highest BCUT2D eigenvalue weighted by atomic mass is 16.4. The molecule has 23 heavy (non-hydrogen) atoms. The molecule has 1 aromatic heterocycles. The van der Waals surface area contributed by atoms with Crippen LogP contribution in [0.25, 0.3) is 0 Å². The predicted molar refractivity (Wildman–Crippen MR) is 84.6 cm³/mol. The molecule has 3 heterocycles. The van der Waals surface area contributed by atoms with Crippen LogP contribution in [0.1, 0.15) is 31.2 Å². The maximum Gasteiger partial charge on any atom is 0.323 e. The fourth-order valence-electron chi connectivity index (χ4n) is 3.75. The van der Waals surface area contributed by atoms with Crippen LogP contribution in [0, 0.1) is 5.41 Å². The summed E-state index contributed by atoms with van der Waals surface area (Å²) in [6.07, 6.45) is 7.11. The fraction of sp³-hybridized carbons (Fsp3) is 0.588. The molecule has 2 saturated heterocycles. The number of carbonyl (C=O) groups excluding carboxylic acids is 1. The van der Waals surface area contributed by atoms with E-state index in [4.69, 9.17) is 5.11 Å². The highest BCUT2D eigenvalue weighted by molar-refractivity contribution is 5.82. The van der Waals surface area contributed by atoms with Gasteiger partial charge in [0.25, 0.3) is 0 Å². The van der Waals surface area contributed by atoms with Gasteiger partial charge in [-0.3, -0.25) is 19.5 Å². The van der Waals surface area contributed by atoms with Gasteiger partial charge in [-0.1, -0.05) is 6.07 Å². The number of rotatable bonds is 4. The summed E-state index contributed by atoms with van der Waals surface area (Å²) in [5.41, 5.74) is 1.32. The zero-order chi connectivity index (χ0) is 16.3. The predicted octanol–water partition coefficient (Wildman–Crippen LogP) is 1.37. The van der Waals surface area contributed by atoms with Crippen molar-refractivity contribution in [2.75, 3.05) is 26.2 Å². The molecule has 0 saturated carbocycles. The Bertz CT molecular complexity index is 568. The zero-order valence-electron chi connectivity index (χ0n) is 13.3. The molecule has 6 heteroatoms. The molecule has 0 aliphatic carbocycles. The van der Waals surface area contributed by atoms with Crippen molar-refractivity contribution in [3.8, 4) is 0 Å². The summed E-state index contributed by atoms with van der Waals surface area (Å²) in [5.74, 6) is -0.944. The summed E-state index contributed by atoms with van der Waals surface area (Å²) in [5, 5.41) is 8.97. The maximum absolute atomic E-state index is 11.9. The lowest BCUT2D eigenvalue weighted by molar-refractivity contribution is -0.149. The van der Waals surface area contributed by atoms with E-state index >= 15 is 0 Å². The highest BCUT2D eigenvalue weighted by Gasteiger charge is 2.41. The minimum Gasteiger partial charge on any atom is -0.480 e. The lowest BCUT2D eigenvalue weighted by atomic mass is 9.72. The molecular formula is C17H23N3O3. The minimum atomic E-state index is -0.926. The van der Waals surface area contributed by atoms with Crippen LogP contribution >= 0.6 is 0 Å². The monoisotopic (exact) mass is 317 g/mol. The lowest BCUT2D eigenvalue weighted by Gasteiger charge is -2.47. The molecule has 0 atom stereocenters. The molecule has 2 aliphatic rings.